The molecule has 0 saturated carbocycles. The highest BCUT2D eigenvalue weighted by molar-refractivity contribution is 9.10. The average molecular weight is 347 g/mol. The van der Waals surface area contributed by atoms with E-state index in [1.165, 1.54) is 0 Å². The molecule has 1 saturated heterocycles. The monoisotopic (exact) mass is 346 g/mol. The second-order valence-electron chi connectivity index (χ2n) is 4.93. The first kappa shape index (κ1) is 15.0. The van der Waals surface area contributed by atoms with Gasteiger partial charge in [-0.1, -0.05) is 12.1 Å². The average Bonchev–Trinajstić information content (AvgIpc) is 2.85. The Balaban J connectivity index is 1.99. The van der Waals surface area contributed by atoms with Gasteiger partial charge in [0.1, 0.15) is 0 Å². The lowest BCUT2D eigenvalue weighted by Gasteiger charge is -2.12. The maximum Gasteiger partial charge on any atom is 0.241 e. The van der Waals surface area contributed by atoms with Crippen LogP contribution in [0.5, 0.6) is 0 Å². The molecule has 0 amide bonds. The summed E-state index contributed by atoms with van der Waals surface area (Å²) >= 11 is 3.35. The second kappa shape index (κ2) is 6.35. The quantitative estimate of drug-likeness (QED) is 0.857. The van der Waals surface area contributed by atoms with Crippen molar-refractivity contribution in [3.8, 4) is 0 Å². The van der Waals surface area contributed by atoms with Crippen LogP contribution in [0, 0.1) is 12.8 Å². The van der Waals surface area contributed by atoms with Gasteiger partial charge in [0.15, 0.2) is 0 Å². The standard InChI is InChI=1S/C13H19BrN2O2S/c1-10-3-2-4-12(13(10)14)19(17,18)16-8-6-11-5-7-15-9-11/h2-4,11,15-16H,5-9H2,1H3. The smallest absolute Gasteiger partial charge is 0.241 e. The van der Waals surface area contributed by atoms with Gasteiger partial charge in [0.25, 0.3) is 0 Å². The lowest BCUT2D eigenvalue weighted by atomic mass is 10.1. The zero-order valence-corrected chi connectivity index (χ0v) is 13.4. The van der Waals surface area contributed by atoms with E-state index in [0.717, 1.165) is 31.5 Å². The van der Waals surface area contributed by atoms with Crippen LogP contribution in [0.15, 0.2) is 27.6 Å². The van der Waals surface area contributed by atoms with Crippen LogP contribution in [0.1, 0.15) is 18.4 Å². The molecule has 1 atom stereocenters. The molecule has 6 heteroatoms. The van der Waals surface area contributed by atoms with E-state index in [9.17, 15) is 8.42 Å². The first-order chi connectivity index (χ1) is 9.00. The second-order valence-corrected chi connectivity index (χ2v) is 7.46. The van der Waals surface area contributed by atoms with Gasteiger partial charge in [-0.2, -0.15) is 0 Å². The van der Waals surface area contributed by atoms with Gasteiger partial charge in [0, 0.05) is 11.0 Å². The number of sulfonamides is 1. The van der Waals surface area contributed by atoms with Crippen molar-refractivity contribution in [2.45, 2.75) is 24.7 Å². The molecule has 2 N–H and O–H groups in total. The summed E-state index contributed by atoms with van der Waals surface area (Å²) in [7, 11) is -3.42. The number of nitrogens with one attached hydrogen (secondary N) is 2. The Morgan fingerprint density at radius 3 is 2.95 bits per heavy atom. The fourth-order valence-electron chi connectivity index (χ4n) is 2.26. The molecule has 0 aliphatic carbocycles. The van der Waals surface area contributed by atoms with E-state index in [2.05, 4.69) is 26.0 Å². The van der Waals surface area contributed by atoms with Gasteiger partial charge >= 0.3 is 0 Å². The van der Waals surface area contributed by atoms with Crippen molar-refractivity contribution < 1.29 is 8.42 Å². The Hall–Kier alpha value is -0.430. The fourth-order valence-corrected chi connectivity index (χ4v) is 4.36. The Kier molecular flexibility index (Phi) is 5.00. The number of benzene rings is 1. The number of hydrogen-bond acceptors (Lipinski definition) is 3. The molecule has 1 aliphatic rings. The molecule has 1 aromatic carbocycles. The third kappa shape index (κ3) is 3.78. The molecular formula is C13H19BrN2O2S. The predicted molar refractivity (Wildman–Crippen MR) is 79.7 cm³/mol. The number of rotatable bonds is 5. The molecule has 1 heterocycles. The summed E-state index contributed by atoms with van der Waals surface area (Å²) < 4.78 is 27.8. The third-order valence-electron chi connectivity index (χ3n) is 3.45. The van der Waals surface area contributed by atoms with Gasteiger partial charge in [-0.05, 0) is 66.3 Å². The minimum Gasteiger partial charge on any atom is -0.316 e. The van der Waals surface area contributed by atoms with Gasteiger partial charge in [0.05, 0.1) is 4.90 Å². The molecule has 1 aromatic rings. The predicted octanol–water partition coefficient (Wildman–Crippen LogP) is 2.04. The van der Waals surface area contributed by atoms with E-state index in [0.29, 0.717) is 21.8 Å². The molecule has 0 radical (unpaired) electrons. The van der Waals surface area contributed by atoms with Crippen LogP contribution in [0.4, 0.5) is 0 Å². The van der Waals surface area contributed by atoms with E-state index in [1.807, 2.05) is 13.0 Å². The van der Waals surface area contributed by atoms with E-state index in [4.69, 9.17) is 0 Å². The summed E-state index contributed by atoms with van der Waals surface area (Å²) in [5.74, 6) is 0.587. The van der Waals surface area contributed by atoms with Crippen LogP contribution >= 0.6 is 15.9 Å². The Labute approximate surface area is 123 Å². The maximum absolute atomic E-state index is 12.2. The number of aryl methyl sites for hydroxylation is 1. The van der Waals surface area contributed by atoms with E-state index in [1.54, 1.807) is 12.1 Å². The SMILES string of the molecule is Cc1cccc(S(=O)(=O)NCCC2CCNC2)c1Br. The number of halogens is 1. The molecule has 2 rings (SSSR count). The molecule has 0 aromatic heterocycles. The summed E-state index contributed by atoms with van der Waals surface area (Å²) in [6, 6.07) is 5.26. The fraction of sp³-hybridized carbons (Fsp3) is 0.538. The molecule has 1 unspecified atom stereocenters. The summed E-state index contributed by atoms with van der Waals surface area (Å²) in [6.07, 6.45) is 2.02. The van der Waals surface area contributed by atoms with Gasteiger partial charge in [0.2, 0.25) is 10.0 Å². The summed E-state index contributed by atoms with van der Waals surface area (Å²) in [6.45, 7) is 4.42. The minimum absolute atomic E-state index is 0.317. The van der Waals surface area contributed by atoms with Gasteiger partial charge in [-0.25, -0.2) is 13.1 Å². The Morgan fingerprint density at radius 1 is 1.47 bits per heavy atom. The lowest BCUT2D eigenvalue weighted by Crippen LogP contribution is -2.27. The largest absolute Gasteiger partial charge is 0.316 e. The molecule has 0 spiro atoms. The normalized spacial score (nSPS) is 19.8. The zero-order valence-electron chi connectivity index (χ0n) is 10.9. The molecule has 1 fully saturated rings. The van der Waals surface area contributed by atoms with Crippen LogP contribution < -0.4 is 10.0 Å². The van der Waals surface area contributed by atoms with Crippen LogP contribution in [0.25, 0.3) is 0 Å². The highest BCUT2D eigenvalue weighted by Gasteiger charge is 2.19. The highest BCUT2D eigenvalue weighted by Crippen LogP contribution is 2.25. The van der Waals surface area contributed by atoms with Gasteiger partial charge in [-0.15, -0.1) is 0 Å². The van der Waals surface area contributed by atoms with Gasteiger partial charge in [-0.3, -0.25) is 0 Å². The summed E-state index contributed by atoms with van der Waals surface area (Å²) in [4.78, 5) is 0.317. The molecular weight excluding hydrogens is 328 g/mol. The highest BCUT2D eigenvalue weighted by atomic mass is 79.9. The Morgan fingerprint density at radius 2 is 2.26 bits per heavy atom. The van der Waals surface area contributed by atoms with Crippen molar-refractivity contribution in [3.05, 3.63) is 28.2 Å². The van der Waals surface area contributed by atoms with Crippen LogP contribution in [0.3, 0.4) is 0 Å². The van der Waals surface area contributed by atoms with Crippen LogP contribution in [-0.4, -0.2) is 28.1 Å². The topological polar surface area (TPSA) is 58.2 Å². The molecule has 106 valence electrons. The summed E-state index contributed by atoms with van der Waals surface area (Å²) in [5.41, 5.74) is 0.919. The Bertz CT molecular complexity index is 540. The lowest BCUT2D eigenvalue weighted by molar-refractivity contribution is 0.519. The van der Waals surface area contributed by atoms with Crippen LogP contribution in [0.2, 0.25) is 0 Å². The minimum atomic E-state index is -3.42. The molecule has 1 aliphatic heterocycles. The number of hydrogen-bond donors (Lipinski definition) is 2. The van der Waals surface area contributed by atoms with E-state index < -0.39 is 10.0 Å². The third-order valence-corrected chi connectivity index (χ3v) is 6.27. The van der Waals surface area contributed by atoms with Crippen molar-refractivity contribution in [3.63, 3.8) is 0 Å². The van der Waals surface area contributed by atoms with Crippen molar-refractivity contribution in [2.24, 2.45) is 5.92 Å². The molecule has 4 nitrogen and oxygen atoms in total. The van der Waals surface area contributed by atoms with Crippen molar-refractivity contribution in [1.29, 1.82) is 0 Å². The van der Waals surface area contributed by atoms with E-state index >= 15 is 0 Å². The molecule has 0 bridgehead atoms. The van der Waals surface area contributed by atoms with Gasteiger partial charge < -0.3 is 5.32 Å². The van der Waals surface area contributed by atoms with Crippen molar-refractivity contribution in [2.75, 3.05) is 19.6 Å². The first-order valence-electron chi connectivity index (χ1n) is 6.46. The summed E-state index contributed by atoms with van der Waals surface area (Å²) in [5, 5.41) is 3.28. The molecule has 19 heavy (non-hydrogen) atoms. The zero-order chi connectivity index (χ0) is 13.9. The van der Waals surface area contributed by atoms with Crippen LogP contribution in [-0.2, 0) is 10.0 Å². The van der Waals surface area contributed by atoms with Crippen molar-refractivity contribution >= 4 is 26.0 Å². The van der Waals surface area contributed by atoms with E-state index in [-0.39, 0.29) is 0 Å². The maximum atomic E-state index is 12.2. The van der Waals surface area contributed by atoms with Crippen molar-refractivity contribution in [1.82, 2.24) is 10.0 Å². The first-order valence-corrected chi connectivity index (χ1v) is 8.74.